The van der Waals surface area contributed by atoms with Crippen molar-refractivity contribution in [2.45, 2.75) is 37.5 Å². The molecular formula is C17H14ClF3N4O2. The number of anilines is 1. The van der Waals surface area contributed by atoms with Gasteiger partial charge in [-0.2, -0.15) is 18.3 Å². The number of aromatic nitrogens is 2. The highest BCUT2D eigenvalue weighted by molar-refractivity contribution is 6.31. The van der Waals surface area contributed by atoms with Gasteiger partial charge in [-0.05, 0) is 43.0 Å². The van der Waals surface area contributed by atoms with Crippen LogP contribution in [0.15, 0.2) is 29.1 Å². The number of hydrogen-bond acceptors (Lipinski definition) is 3. The van der Waals surface area contributed by atoms with Gasteiger partial charge in [0.15, 0.2) is 0 Å². The number of fused-ring (bicyclic) bond motifs is 4. The van der Waals surface area contributed by atoms with Crippen LogP contribution in [0.3, 0.4) is 0 Å². The monoisotopic (exact) mass is 398 g/mol. The predicted molar refractivity (Wildman–Crippen MR) is 91.6 cm³/mol. The molecule has 0 radical (unpaired) electrons. The molecule has 1 fully saturated rings. The van der Waals surface area contributed by atoms with Gasteiger partial charge >= 0.3 is 12.2 Å². The van der Waals surface area contributed by atoms with Crippen molar-refractivity contribution in [2.75, 3.05) is 5.32 Å². The lowest BCUT2D eigenvalue weighted by molar-refractivity contribution is -0.137. The van der Waals surface area contributed by atoms with E-state index in [-0.39, 0.29) is 23.3 Å². The molecule has 27 heavy (non-hydrogen) atoms. The number of nitrogens with zero attached hydrogens (tertiary/aromatic N) is 2. The van der Waals surface area contributed by atoms with Crippen molar-refractivity contribution in [3.63, 3.8) is 0 Å². The highest BCUT2D eigenvalue weighted by Crippen LogP contribution is 2.42. The summed E-state index contributed by atoms with van der Waals surface area (Å²) in [5.41, 5.74) is 0.419. The summed E-state index contributed by atoms with van der Waals surface area (Å²) >= 11 is 5.71. The molecule has 4 rings (SSSR count). The Labute approximate surface area is 156 Å². The molecule has 6 nitrogen and oxygen atoms in total. The largest absolute Gasteiger partial charge is 0.417 e. The van der Waals surface area contributed by atoms with Gasteiger partial charge in [-0.3, -0.25) is 4.79 Å². The number of carbonyl (C=O) groups excluding carboxylic acids is 1. The molecule has 2 unspecified atom stereocenters. The smallest absolute Gasteiger partial charge is 0.313 e. The Bertz CT molecular complexity index is 975. The Morgan fingerprint density at radius 1 is 1.30 bits per heavy atom. The van der Waals surface area contributed by atoms with E-state index in [0.717, 1.165) is 24.1 Å². The van der Waals surface area contributed by atoms with E-state index >= 15 is 0 Å². The molecule has 0 aliphatic carbocycles. The van der Waals surface area contributed by atoms with E-state index < -0.39 is 22.8 Å². The third-order valence-electron chi connectivity index (χ3n) is 4.95. The zero-order chi connectivity index (χ0) is 19.3. The van der Waals surface area contributed by atoms with Crippen molar-refractivity contribution in [3.05, 3.63) is 56.5 Å². The molecule has 10 heteroatoms. The van der Waals surface area contributed by atoms with Crippen LogP contribution < -0.4 is 10.9 Å². The first kappa shape index (κ1) is 17.8. The van der Waals surface area contributed by atoms with E-state index in [1.807, 2.05) is 0 Å². The average molecular weight is 399 g/mol. The number of urea groups is 1. The lowest BCUT2D eigenvalue weighted by Crippen LogP contribution is -2.45. The molecule has 2 aromatic rings. The van der Waals surface area contributed by atoms with E-state index in [4.69, 9.17) is 11.6 Å². The van der Waals surface area contributed by atoms with Crippen LogP contribution >= 0.6 is 11.6 Å². The number of halogens is 4. The first-order valence-electron chi connectivity index (χ1n) is 8.28. The number of nitrogens with one attached hydrogen (secondary N) is 2. The Hall–Kier alpha value is -2.55. The molecule has 2 aliphatic rings. The fourth-order valence-electron chi connectivity index (χ4n) is 3.83. The molecule has 142 valence electrons. The molecule has 0 saturated carbocycles. The summed E-state index contributed by atoms with van der Waals surface area (Å²) < 4.78 is 38.4. The zero-order valence-electron chi connectivity index (χ0n) is 13.8. The number of hydrogen-bond donors (Lipinski definition) is 2. The fourth-order valence-corrected chi connectivity index (χ4v) is 4.12. The average Bonchev–Trinajstić information content (AvgIpc) is 2.89. The summed E-state index contributed by atoms with van der Waals surface area (Å²) in [6, 6.07) is 3.79. The highest BCUT2D eigenvalue weighted by Gasteiger charge is 2.44. The fraction of sp³-hybridized carbons (Fsp3) is 0.353. The van der Waals surface area contributed by atoms with E-state index in [2.05, 4.69) is 15.5 Å². The predicted octanol–water partition coefficient (Wildman–Crippen LogP) is 3.74. The SMILES string of the molecule is O=C(Nc1ccc(C(F)(F)F)c(Cl)c1)N1C2CCC1c1n[nH]c(=O)cc1C2. The van der Waals surface area contributed by atoms with Gasteiger partial charge in [-0.25, -0.2) is 9.89 Å². The zero-order valence-corrected chi connectivity index (χ0v) is 14.6. The number of aromatic amines is 1. The van der Waals surface area contributed by atoms with Crippen LogP contribution in [0.25, 0.3) is 0 Å². The van der Waals surface area contributed by atoms with Crippen molar-refractivity contribution in [1.29, 1.82) is 0 Å². The first-order chi connectivity index (χ1) is 12.7. The molecule has 0 spiro atoms. The standard InChI is InChI=1S/C17H14ClF3N4O2/c18-12-7-9(1-3-11(12)17(19,20)21)22-16(27)25-10-2-4-13(25)15-8(5-10)6-14(26)23-24-15/h1,3,6-7,10,13H,2,4-5H2,(H,22,27)(H,23,26). The summed E-state index contributed by atoms with van der Waals surface area (Å²) in [7, 11) is 0. The lowest BCUT2D eigenvalue weighted by atomic mass is 9.99. The van der Waals surface area contributed by atoms with Gasteiger partial charge in [0.2, 0.25) is 0 Å². The van der Waals surface area contributed by atoms with Crippen LogP contribution in [0.1, 0.15) is 35.7 Å². The number of carbonyl (C=O) groups is 1. The Morgan fingerprint density at radius 3 is 2.78 bits per heavy atom. The topological polar surface area (TPSA) is 78.1 Å². The maximum atomic E-state index is 12.8. The molecule has 1 saturated heterocycles. The summed E-state index contributed by atoms with van der Waals surface area (Å²) in [5.74, 6) is 0. The highest BCUT2D eigenvalue weighted by atomic mass is 35.5. The van der Waals surface area contributed by atoms with Crippen LogP contribution in [-0.2, 0) is 12.6 Å². The Kier molecular flexibility index (Phi) is 4.14. The van der Waals surface area contributed by atoms with Gasteiger partial charge in [0, 0.05) is 17.8 Å². The van der Waals surface area contributed by atoms with Gasteiger partial charge < -0.3 is 10.2 Å². The van der Waals surface area contributed by atoms with Gasteiger partial charge in [0.25, 0.3) is 5.56 Å². The molecular weight excluding hydrogens is 385 g/mol. The minimum absolute atomic E-state index is 0.0870. The third kappa shape index (κ3) is 3.16. The van der Waals surface area contributed by atoms with Crippen LogP contribution in [0.4, 0.5) is 23.7 Å². The number of benzene rings is 1. The lowest BCUT2D eigenvalue weighted by Gasteiger charge is -2.35. The number of H-pyrrole nitrogens is 1. The second kappa shape index (κ2) is 6.26. The van der Waals surface area contributed by atoms with Gasteiger partial charge in [0.05, 0.1) is 22.3 Å². The Balaban J connectivity index is 1.57. The molecule has 2 N–H and O–H groups in total. The summed E-state index contributed by atoms with van der Waals surface area (Å²) in [5, 5.41) is 8.61. The summed E-state index contributed by atoms with van der Waals surface area (Å²) in [4.78, 5) is 25.8. The third-order valence-corrected chi connectivity index (χ3v) is 5.27. The van der Waals surface area contributed by atoms with E-state index in [1.165, 1.54) is 12.1 Å². The summed E-state index contributed by atoms with van der Waals surface area (Å²) in [6.07, 6.45) is -2.57. The van der Waals surface area contributed by atoms with Gasteiger partial charge in [-0.15, -0.1) is 0 Å². The maximum Gasteiger partial charge on any atom is 0.417 e. The second-order valence-electron chi connectivity index (χ2n) is 6.62. The number of amides is 2. The van der Waals surface area contributed by atoms with Gasteiger partial charge in [-0.1, -0.05) is 11.6 Å². The van der Waals surface area contributed by atoms with Crippen molar-refractivity contribution in [3.8, 4) is 0 Å². The van der Waals surface area contributed by atoms with Crippen LogP contribution in [-0.4, -0.2) is 27.2 Å². The molecule has 1 aromatic carbocycles. The molecule has 3 heterocycles. The first-order valence-corrected chi connectivity index (χ1v) is 8.66. The van der Waals surface area contributed by atoms with Crippen molar-refractivity contribution < 1.29 is 18.0 Å². The number of alkyl halides is 3. The second-order valence-corrected chi connectivity index (χ2v) is 7.03. The van der Waals surface area contributed by atoms with E-state index in [0.29, 0.717) is 18.5 Å². The Morgan fingerprint density at radius 2 is 2.07 bits per heavy atom. The van der Waals surface area contributed by atoms with Crippen LogP contribution in [0.5, 0.6) is 0 Å². The van der Waals surface area contributed by atoms with Gasteiger partial charge in [0.1, 0.15) is 0 Å². The van der Waals surface area contributed by atoms with E-state index in [1.54, 1.807) is 4.90 Å². The number of rotatable bonds is 1. The van der Waals surface area contributed by atoms with Crippen molar-refractivity contribution in [2.24, 2.45) is 0 Å². The minimum atomic E-state index is -4.56. The van der Waals surface area contributed by atoms with Crippen LogP contribution in [0.2, 0.25) is 5.02 Å². The quantitative estimate of drug-likeness (QED) is 0.768. The van der Waals surface area contributed by atoms with Crippen molar-refractivity contribution >= 4 is 23.3 Å². The van der Waals surface area contributed by atoms with Crippen molar-refractivity contribution in [1.82, 2.24) is 15.1 Å². The molecule has 2 atom stereocenters. The molecule has 2 amide bonds. The molecule has 2 aliphatic heterocycles. The summed E-state index contributed by atoms with van der Waals surface area (Å²) in [6.45, 7) is 0. The molecule has 1 aromatic heterocycles. The normalized spacial score (nSPS) is 21.1. The maximum absolute atomic E-state index is 12.8. The van der Waals surface area contributed by atoms with Crippen LogP contribution in [0, 0.1) is 0 Å². The van der Waals surface area contributed by atoms with E-state index in [9.17, 15) is 22.8 Å². The molecule has 2 bridgehead atoms. The minimum Gasteiger partial charge on any atom is -0.313 e.